The SMILES string of the molecule is Cc1ccc(CN2C[C@@H](CS(=O)(=O)N(C)C)[C@H](O)C2)c(Cl)c1. The molecule has 22 heavy (non-hydrogen) atoms. The van der Waals surface area contributed by atoms with E-state index < -0.39 is 16.1 Å². The van der Waals surface area contributed by atoms with Gasteiger partial charge in [0, 0.05) is 44.7 Å². The first-order chi connectivity index (χ1) is 10.2. The topological polar surface area (TPSA) is 60.9 Å². The molecule has 1 saturated heterocycles. The first-order valence-corrected chi connectivity index (χ1v) is 9.23. The van der Waals surface area contributed by atoms with E-state index >= 15 is 0 Å². The number of benzene rings is 1. The summed E-state index contributed by atoms with van der Waals surface area (Å²) in [6.07, 6.45) is -0.626. The van der Waals surface area contributed by atoms with Crippen molar-refractivity contribution in [2.75, 3.05) is 32.9 Å². The van der Waals surface area contributed by atoms with E-state index in [0.717, 1.165) is 11.1 Å². The quantitative estimate of drug-likeness (QED) is 0.873. The van der Waals surface area contributed by atoms with Crippen molar-refractivity contribution in [1.82, 2.24) is 9.21 Å². The van der Waals surface area contributed by atoms with E-state index in [2.05, 4.69) is 4.90 Å². The van der Waals surface area contributed by atoms with E-state index in [-0.39, 0.29) is 11.7 Å². The lowest BCUT2D eigenvalue weighted by atomic mass is 10.1. The molecule has 0 spiro atoms. The second kappa shape index (κ2) is 6.84. The predicted molar refractivity (Wildman–Crippen MR) is 88.4 cm³/mol. The van der Waals surface area contributed by atoms with Crippen molar-refractivity contribution in [2.45, 2.75) is 19.6 Å². The number of β-amino-alcohol motifs (C(OH)–C–C–N with tert-alkyl or cyclic N) is 1. The average Bonchev–Trinajstić information content (AvgIpc) is 2.72. The molecular formula is C15H23ClN2O3S. The largest absolute Gasteiger partial charge is 0.391 e. The molecule has 0 unspecified atom stereocenters. The minimum Gasteiger partial charge on any atom is -0.391 e. The van der Waals surface area contributed by atoms with Crippen LogP contribution in [0.1, 0.15) is 11.1 Å². The fourth-order valence-corrected chi connectivity index (χ4v) is 4.14. The summed E-state index contributed by atoms with van der Waals surface area (Å²) >= 11 is 6.24. The van der Waals surface area contributed by atoms with Crippen LogP contribution in [-0.4, -0.2) is 61.8 Å². The van der Waals surface area contributed by atoms with Crippen LogP contribution in [0.5, 0.6) is 0 Å². The molecule has 2 rings (SSSR count). The van der Waals surface area contributed by atoms with Crippen LogP contribution in [-0.2, 0) is 16.6 Å². The van der Waals surface area contributed by atoms with Gasteiger partial charge in [-0.2, -0.15) is 0 Å². The normalized spacial score (nSPS) is 23.4. The lowest BCUT2D eigenvalue weighted by molar-refractivity contribution is 0.148. The fraction of sp³-hybridized carbons (Fsp3) is 0.600. The van der Waals surface area contributed by atoms with Crippen LogP contribution in [0, 0.1) is 12.8 Å². The van der Waals surface area contributed by atoms with Gasteiger partial charge in [-0.3, -0.25) is 4.90 Å². The van der Waals surface area contributed by atoms with Gasteiger partial charge in [0.05, 0.1) is 11.9 Å². The number of aliphatic hydroxyl groups is 1. The maximum Gasteiger partial charge on any atom is 0.214 e. The summed E-state index contributed by atoms with van der Waals surface area (Å²) in [4.78, 5) is 2.05. The second-order valence-corrected chi connectivity index (χ2v) is 8.81. The van der Waals surface area contributed by atoms with Gasteiger partial charge in [0.15, 0.2) is 0 Å². The van der Waals surface area contributed by atoms with Crippen molar-refractivity contribution in [3.05, 3.63) is 34.3 Å². The predicted octanol–water partition coefficient (Wildman–Crippen LogP) is 1.33. The van der Waals surface area contributed by atoms with Crippen molar-refractivity contribution < 1.29 is 13.5 Å². The summed E-state index contributed by atoms with van der Waals surface area (Å²) in [6.45, 7) is 3.63. The molecule has 1 aromatic carbocycles. The molecule has 124 valence electrons. The average molecular weight is 347 g/mol. The van der Waals surface area contributed by atoms with Crippen molar-refractivity contribution >= 4 is 21.6 Å². The van der Waals surface area contributed by atoms with Crippen LogP contribution in [0.2, 0.25) is 5.02 Å². The molecule has 1 heterocycles. The molecular weight excluding hydrogens is 324 g/mol. The maximum absolute atomic E-state index is 12.0. The molecule has 0 radical (unpaired) electrons. The van der Waals surface area contributed by atoms with E-state index in [1.165, 1.54) is 18.4 Å². The number of aryl methyl sites for hydroxylation is 1. The highest BCUT2D eigenvalue weighted by atomic mass is 35.5. The molecule has 1 aliphatic rings. The van der Waals surface area contributed by atoms with Crippen LogP contribution < -0.4 is 0 Å². The van der Waals surface area contributed by atoms with Crippen LogP contribution in [0.15, 0.2) is 18.2 Å². The third kappa shape index (κ3) is 4.20. The Hall–Kier alpha value is -0.660. The monoisotopic (exact) mass is 346 g/mol. The van der Waals surface area contributed by atoms with Crippen molar-refractivity contribution in [2.24, 2.45) is 5.92 Å². The van der Waals surface area contributed by atoms with E-state index in [0.29, 0.717) is 24.7 Å². The van der Waals surface area contributed by atoms with Crippen LogP contribution in [0.3, 0.4) is 0 Å². The summed E-state index contributed by atoms with van der Waals surface area (Å²) in [6, 6.07) is 5.90. The Morgan fingerprint density at radius 1 is 1.36 bits per heavy atom. The maximum atomic E-state index is 12.0. The van der Waals surface area contributed by atoms with E-state index in [1.54, 1.807) is 0 Å². The molecule has 2 atom stereocenters. The summed E-state index contributed by atoms with van der Waals surface area (Å²) in [5, 5.41) is 10.8. The number of rotatable bonds is 5. The van der Waals surface area contributed by atoms with Crippen LogP contribution in [0.25, 0.3) is 0 Å². The Kier molecular flexibility index (Phi) is 5.50. The molecule has 1 aromatic rings. The van der Waals surface area contributed by atoms with E-state index in [4.69, 9.17) is 11.6 Å². The molecule has 0 aliphatic carbocycles. The molecule has 0 saturated carbocycles. The molecule has 5 nitrogen and oxygen atoms in total. The van der Waals surface area contributed by atoms with Gasteiger partial charge in [0.1, 0.15) is 0 Å². The van der Waals surface area contributed by atoms with Gasteiger partial charge < -0.3 is 5.11 Å². The zero-order valence-corrected chi connectivity index (χ0v) is 14.7. The number of hydrogen-bond donors (Lipinski definition) is 1. The fourth-order valence-electron chi connectivity index (χ4n) is 2.68. The second-order valence-electron chi connectivity index (χ2n) is 6.18. The Morgan fingerprint density at radius 2 is 2.05 bits per heavy atom. The molecule has 7 heteroatoms. The summed E-state index contributed by atoms with van der Waals surface area (Å²) in [5.41, 5.74) is 2.10. The molecule has 0 bridgehead atoms. The highest BCUT2D eigenvalue weighted by Crippen LogP contribution is 2.25. The Labute approximate surface area is 137 Å². The number of nitrogens with zero attached hydrogens (tertiary/aromatic N) is 2. The number of halogens is 1. The first-order valence-electron chi connectivity index (χ1n) is 7.24. The minimum atomic E-state index is -3.30. The highest BCUT2D eigenvalue weighted by molar-refractivity contribution is 7.89. The summed E-state index contributed by atoms with van der Waals surface area (Å²) in [7, 11) is -0.275. The Balaban J connectivity index is 2.02. The Morgan fingerprint density at radius 3 is 2.64 bits per heavy atom. The van der Waals surface area contributed by atoms with Gasteiger partial charge in [0.25, 0.3) is 0 Å². The van der Waals surface area contributed by atoms with Gasteiger partial charge in [-0.1, -0.05) is 23.7 Å². The first kappa shape index (κ1) is 17.7. The number of likely N-dealkylation sites (tertiary alicyclic amines) is 1. The summed E-state index contributed by atoms with van der Waals surface area (Å²) in [5.74, 6) is -0.295. The van der Waals surface area contributed by atoms with Crippen LogP contribution in [0.4, 0.5) is 0 Å². The molecule has 0 aromatic heterocycles. The number of sulfonamides is 1. The van der Waals surface area contributed by atoms with Gasteiger partial charge in [0.2, 0.25) is 10.0 Å². The molecule has 1 N–H and O–H groups in total. The van der Waals surface area contributed by atoms with Crippen molar-refractivity contribution in [1.29, 1.82) is 0 Å². The lowest BCUT2D eigenvalue weighted by Gasteiger charge is -2.18. The van der Waals surface area contributed by atoms with Gasteiger partial charge in [-0.05, 0) is 24.1 Å². The third-order valence-electron chi connectivity index (χ3n) is 4.07. The minimum absolute atomic E-state index is 0.0285. The van der Waals surface area contributed by atoms with Crippen LogP contribution >= 0.6 is 11.6 Å². The number of aliphatic hydroxyl groups excluding tert-OH is 1. The van der Waals surface area contributed by atoms with Gasteiger partial charge in [-0.15, -0.1) is 0 Å². The molecule has 0 amide bonds. The lowest BCUT2D eigenvalue weighted by Crippen LogP contribution is -2.33. The standard InChI is InChI=1S/C15H23ClN2O3S/c1-11-4-5-12(14(16)6-11)7-18-8-13(15(19)9-18)10-22(20,21)17(2)3/h4-6,13,15,19H,7-10H2,1-3H3/t13-,15+/m0/s1. The zero-order valence-electron chi connectivity index (χ0n) is 13.2. The van der Waals surface area contributed by atoms with Crippen molar-refractivity contribution in [3.8, 4) is 0 Å². The van der Waals surface area contributed by atoms with Gasteiger partial charge >= 0.3 is 0 Å². The third-order valence-corrected chi connectivity index (χ3v) is 6.38. The van der Waals surface area contributed by atoms with E-state index in [9.17, 15) is 13.5 Å². The smallest absolute Gasteiger partial charge is 0.214 e. The van der Waals surface area contributed by atoms with Crippen molar-refractivity contribution in [3.63, 3.8) is 0 Å². The van der Waals surface area contributed by atoms with E-state index in [1.807, 2.05) is 25.1 Å². The molecule has 1 fully saturated rings. The highest BCUT2D eigenvalue weighted by Gasteiger charge is 2.35. The zero-order chi connectivity index (χ0) is 16.5. The Bertz CT molecular complexity index is 634. The molecule has 1 aliphatic heterocycles. The number of hydrogen-bond acceptors (Lipinski definition) is 4. The summed E-state index contributed by atoms with van der Waals surface area (Å²) < 4.78 is 25.1. The van der Waals surface area contributed by atoms with Gasteiger partial charge in [-0.25, -0.2) is 12.7 Å².